The Kier molecular flexibility index (Phi) is 5.29. The summed E-state index contributed by atoms with van der Waals surface area (Å²) < 4.78 is 26.7. The molecule has 2 aromatic rings. The number of nitrogens with one attached hydrogen (secondary N) is 1. The average molecular weight is 335 g/mol. The van der Waals surface area contributed by atoms with Crippen LogP contribution in [0.4, 0.5) is 8.78 Å². The van der Waals surface area contributed by atoms with Crippen molar-refractivity contribution in [2.45, 2.75) is 33.7 Å². The predicted octanol–water partition coefficient (Wildman–Crippen LogP) is 2.62. The first-order valence-corrected chi connectivity index (χ1v) is 7.74. The number of aryl methyl sites for hydroxylation is 1. The van der Waals surface area contributed by atoms with Crippen molar-refractivity contribution in [2.75, 3.05) is 6.54 Å². The maximum absolute atomic E-state index is 13.8. The Morgan fingerprint density at radius 3 is 2.46 bits per heavy atom. The summed E-state index contributed by atoms with van der Waals surface area (Å²) in [7, 11) is 0. The van der Waals surface area contributed by atoms with Crippen molar-refractivity contribution in [2.24, 2.45) is 0 Å². The number of aromatic amines is 1. The highest BCUT2D eigenvalue weighted by atomic mass is 19.1. The summed E-state index contributed by atoms with van der Waals surface area (Å²) in [6.45, 7) is 6.79. The Bertz CT molecular complexity index is 797. The molecule has 1 atom stereocenters. The monoisotopic (exact) mass is 335 g/mol. The molecule has 3 N–H and O–H groups in total. The van der Waals surface area contributed by atoms with Gasteiger partial charge in [0, 0.05) is 22.9 Å². The van der Waals surface area contributed by atoms with Crippen LogP contribution in [0.2, 0.25) is 0 Å². The van der Waals surface area contributed by atoms with E-state index in [1.54, 1.807) is 26.1 Å². The number of carbonyl (C=O) groups is 2. The quantitative estimate of drug-likeness (QED) is 0.797. The summed E-state index contributed by atoms with van der Waals surface area (Å²) in [5.41, 5.74) is 2.59. The molecule has 0 saturated carbocycles. The summed E-state index contributed by atoms with van der Waals surface area (Å²) in [5, 5.41) is 1.68. The zero-order chi connectivity index (χ0) is 18.0. The van der Waals surface area contributed by atoms with Crippen LogP contribution in [0.5, 0.6) is 0 Å². The van der Waals surface area contributed by atoms with Gasteiger partial charge in [0.15, 0.2) is 5.78 Å². The number of hydrogen-bond acceptors (Lipinski definition) is 2. The highest BCUT2D eigenvalue weighted by Gasteiger charge is 2.22. The van der Waals surface area contributed by atoms with Gasteiger partial charge in [-0.05, 0) is 45.4 Å². The molecule has 0 bridgehead atoms. The van der Waals surface area contributed by atoms with Gasteiger partial charge in [0.25, 0.3) is 0 Å². The number of nitrogens with two attached hydrogens (primary N) is 1. The van der Waals surface area contributed by atoms with E-state index in [1.165, 1.54) is 19.1 Å². The Hall–Kier alpha value is -2.34. The van der Waals surface area contributed by atoms with Gasteiger partial charge >= 0.3 is 0 Å². The predicted molar refractivity (Wildman–Crippen MR) is 86.2 cm³/mol. The molecule has 128 valence electrons. The van der Waals surface area contributed by atoms with E-state index in [0.29, 0.717) is 28.1 Å². The first kappa shape index (κ1) is 18.0. The molecular weight excluding hydrogens is 314 g/mol. The fraction of sp³-hybridized carbons (Fsp3) is 0.333. The van der Waals surface area contributed by atoms with Gasteiger partial charge in [-0.15, -0.1) is 0 Å². The fourth-order valence-corrected chi connectivity index (χ4v) is 2.94. The van der Waals surface area contributed by atoms with Gasteiger partial charge in [0.1, 0.15) is 24.2 Å². The molecule has 0 fully saturated rings. The molecule has 0 amide bonds. The normalized spacial score (nSPS) is 12.2. The van der Waals surface area contributed by atoms with Gasteiger partial charge in [-0.3, -0.25) is 9.59 Å². The lowest BCUT2D eigenvalue weighted by Gasteiger charge is -2.11. The number of carbonyl (C=O) groups excluding carboxylic acids is 2. The van der Waals surface area contributed by atoms with Gasteiger partial charge < -0.3 is 10.3 Å². The van der Waals surface area contributed by atoms with Gasteiger partial charge in [-0.1, -0.05) is 0 Å². The Morgan fingerprint density at radius 2 is 1.92 bits per heavy atom. The molecule has 2 rings (SSSR count). The Labute approximate surface area is 139 Å². The van der Waals surface area contributed by atoms with Crippen LogP contribution in [0.3, 0.4) is 0 Å². The van der Waals surface area contributed by atoms with Crippen LogP contribution in [-0.4, -0.2) is 23.1 Å². The second-order valence-corrected chi connectivity index (χ2v) is 6.00. The van der Waals surface area contributed by atoms with Crippen LogP contribution in [0.15, 0.2) is 18.2 Å². The van der Waals surface area contributed by atoms with Gasteiger partial charge in [0.05, 0.1) is 5.69 Å². The third-order valence-electron chi connectivity index (χ3n) is 4.18. The largest absolute Gasteiger partial charge is 0.355 e. The molecular formula is C18H21F2N2O2+. The molecule has 1 aromatic heterocycles. The van der Waals surface area contributed by atoms with Crippen LogP contribution >= 0.6 is 0 Å². The van der Waals surface area contributed by atoms with E-state index in [2.05, 4.69) is 4.98 Å². The minimum atomic E-state index is -0.631. The van der Waals surface area contributed by atoms with Crippen molar-refractivity contribution in [3.8, 4) is 0 Å². The average Bonchev–Trinajstić information content (AvgIpc) is 2.79. The number of hydrogen-bond donors (Lipinski definition) is 2. The highest BCUT2D eigenvalue weighted by Crippen LogP contribution is 2.19. The third-order valence-corrected chi connectivity index (χ3v) is 4.18. The summed E-state index contributed by atoms with van der Waals surface area (Å²) in [4.78, 5) is 27.0. The van der Waals surface area contributed by atoms with E-state index >= 15 is 0 Å². The van der Waals surface area contributed by atoms with Crippen LogP contribution in [0.1, 0.15) is 57.6 Å². The third kappa shape index (κ3) is 3.59. The van der Waals surface area contributed by atoms with E-state index in [0.717, 1.165) is 6.07 Å². The van der Waals surface area contributed by atoms with Crippen molar-refractivity contribution in [3.63, 3.8) is 0 Å². The first-order chi connectivity index (χ1) is 11.2. The van der Waals surface area contributed by atoms with E-state index in [-0.39, 0.29) is 24.2 Å². The Balaban J connectivity index is 2.11. The molecule has 24 heavy (non-hydrogen) atoms. The summed E-state index contributed by atoms with van der Waals surface area (Å²) in [5.74, 6) is -1.52. The standard InChI is InChI=1S/C18H20F2N2O2/c1-9-17(12(4)23)11(3)22-18(9)16(24)8-21-10(2)14-6-5-13(19)7-15(14)20/h5-7,10,21-22H,8H2,1-4H3/p+1/t10-/m0/s1. The number of rotatable bonds is 6. The SMILES string of the molecule is CC(=O)c1c(C)[nH]c(C(=O)C[NH2+][C@@H](C)c2ccc(F)cc2F)c1C. The molecule has 1 heterocycles. The van der Waals surface area contributed by atoms with Crippen LogP contribution in [0.25, 0.3) is 0 Å². The molecule has 6 heteroatoms. The van der Waals surface area contributed by atoms with E-state index < -0.39 is 11.6 Å². The lowest BCUT2D eigenvalue weighted by molar-refractivity contribution is -0.681. The molecule has 0 aliphatic heterocycles. The minimum absolute atomic E-state index is 0.0916. The Morgan fingerprint density at radius 1 is 1.25 bits per heavy atom. The van der Waals surface area contributed by atoms with Crippen molar-refractivity contribution in [1.82, 2.24) is 4.98 Å². The van der Waals surface area contributed by atoms with Crippen molar-refractivity contribution in [1.29, 1.82) is 0 Å². The summed E-state index contributed by atoms with van der Waals surface area (Å²) in [6, 6.07) is 3.08. The number of ketones is 2. The van der Waals surface area contributed by atoms with Crippen molar-refractivity contribution < 1.29 is 23.7 Å². The molecule has 0 aliphatic carbocycles. The molecule has 0 spiro atoms. The molecule has 0 aliphatic rings. The molecule has 0 radical (unpaired) electrons. The number of aromatic nitrogens is 1. The van der Waals surface area contributed by atoms with E-state index in [1.807, 2.05) is 0 Å². The first-order valence-electron chi connectivity index (χ1n) is 7.74. The number of Topliss-reactive ketones (excluding diaryl/α,β-unsaturated/α-hetero) is 2. The minimum Gasteiger partial charge on any atom is -0.355 e. The van der Waals surface area contributed by atoms with Crippen LogP contribution in [-0.2, 0) is 0 Å². The van der Waals surface area contributed by atoms with Crippen LogP contribution in [0, 0.1) is 25.5 Å². The zero-order valence-electron chi connectivity index (χ0n) is 14.2. The second-order valence-electron chi connectivity index (χ2n) is 6.00. The highest BCUT2D eigenvalue weighted by molar-refractivity contribution is 6.03. The molecule has 0 unspecified atom stereocenters. The number of H-pyrrole nitrogens is 1. The lowest BCUT2D eigenvalue weighted by Crippen LogP contribution is -2.86. The summed E-state index contributed by atoms with van der Waals surface area (Å²) in [6.07, 6.45) is 0. The van der Waals surface area contributed by atoms with Gasteiger partial charge in [0.2, 0.25) is 5.78 Å². The number of benzene rings is 1. The number of quaternary nitrogens is 1. The van der Waals surface area contributed by atoms with Crippen LogP contribution < -0.4 is 5.32 Å². The smallest absolute Gasteiger partial charge is 0.233 e. The van der Waals surface area contributed by atoms with E-state index in [9.17, 15) is 18.4 Å². The molecule has 0 saturated heterocycles. The van der Waals surface area contributed by atoms with Gasteiger partial charge in [-0.2, -0.15) is 0 Å². The second kappa shape index (κ2) is 7.05. The maximum atomic E-state index is 13.8. The number of halogens is 2. The zero-order valence-corrected chi connectivity index (χ0v) is 14.2. The molecule has 4 nitrogen and oxygen atoms in total. The van der Waals surface area contributed by atoms with Crippen molar-refractivity contribution >= 4 is 11.6 Å². The van der Waals surface area contributed by atoms with Gasteiger partial charge in [-0.25, -0.2) is 8.78 Å². The lowest BCUT2D eigenvalue weighted by atomic mass is 10.0. The van der Waals surface area contributed by atoms with E-state index in [4.69, 9.17) is 0 Å². The molecule has 1 aromatic carbocycles. The topological polar surface area (TPSA) is 66.5 Å². The fourth-order valence-electron chi connectivity index (χ4n) is 2.94. The summed E-state index contributed by atoms with van der Waals surface area (Å²) >= 11 is 0. The van der Waals surface area contributed by atoms with Crippen molar-refractivity contribution in [3.05, 3.63) is 57.9 Å². The maximum Gasteiger partial charge on any atom is 0.233 e.